The van der Waals surface area contributed by atoms with E-state index in [0.29, 0.717) is 43.7 Å². The lowest BCUT2D eigenvalue weighted by atomic mass is 9.91. The molecule has 0 aliphatic carbocycles. The van der Waals surface area contributed by atoms with Crippen molar-refractivity contribution in [1.29, 1.82) is 0 Å². The Kier molecular flexibility index (Phi) is 8.62. The zero-order chi connectivity index (χ0) is 28.6. The highest BCUT2D eigenvalue weighted by molar-refractivity contribution is 5.97. The van der Waals surface area contributed by atoms with Gasteiger partial charge in [0.25, 0.3) is 0 Å². The first-order chi connectivity index (χ1) is 19.0. The smallest absolute Gasteiger partial charge is 0.241 e. The monoisotopic (exact) mass is 550 g/mol. The topological polar surface area (TPSA) is 55.0 Å². The van der Waals surface area contributed by atoms with Crippen LogP contribution in [0.25, 0.3) is 0 Å². The summed E-state index contributed by atoms with van der Waals surface area (Å²) in [6.07, 6.45) is 2.56. The second-order valence-corrected chi connectivity index (χ2v) is 13.2. The number of aromatic nitrogens is 1. The minimum absolute atomic E-state index is 0.143. The molecule has 3 aliphatic heterocycles. The Morgan fingerprint density at radius 3 is 2.55 bits per heavy atom. The average molecular weight is 551 g/mol. The maximum absolute atomic E-state index is 14.0. The SMILES string of the molecule is CC1CN(CC(=O)N2CC(C)(C)c3ncc(Cc4ccc(F)cc4)cc32)C(CN2CCN(C(C)C)CC2C)CN1. The average Bonchev–Trinajstić information content (AvgIpc) is 3.18. The molecule has 5 rings (SSSR count). The standard InChI is InChI=1S/C32H47FN6O/c1-22(2)36-11-12-37(24(4)18-36)19-28-16-34-23(3)17-38(28)20-30(40)39-21-32(5,6)31-29(39)14-26(15-35-31)13-25-7-9-27(33)10-8-25/h7-10,14-15,22-24,28,34H,11-13,16-21H2,1-6H3. The Morgan fingerprint density at radius 1 is 1.10 bits per heavy atom. The van der Waals surface area contributed by atoms with E-state index in [9.17, 15) is 9.18 Å². The number of pyridine rings is 1. The van der Waals surface area contributed by atoms with Crippen LogP contribution >= 0.6 is 0 Å². The van der Waals surface area contributed by atoms with E-state index in [4.69, 9.17) is 4.98 Å². The summed E-state index contributed by atoms with van der Waals surface area (Å²) in [5, 5.41) is 3.66. The molecule has 8 heteroatoms. The number of fused-ring (bicyclic) bond motifs is 1. The number of anilines is 1. The van der Waals surface area contributed by atoms with Crippen molar-refractivity contribution in [2.75, 3.05) is 57.3 Å². The summed E-state index contributed by atoms with van der Waals surface area (Å²) in [6, 6.07) is 10.5. The lowest BCUT2D eigenvalue weighted by molar-refractivity contribution is -0.121. The second kappa shape index (κ2) is 11.8. The minimum atomic E-state index is -0.234. The van der Waals surface area contributed by atoms with E-state index in [1.54, 1.807) is 0 Å². The van der Waals surface area contributed by atoms with Gasteiger partial charge in [0.2, 0.25) is 5.91 Å². The van der Waals surface area contributed by atoms with Crippen LogP contribution in [0.2, 0.25) is 0 Å². The van der Waals surface area contributed by atoms with Gasteiger partial charge in [0.1, 0.15) is 5.82 Å². The number of carbonyl (C=O) groups excluding carboxylic acids is 1. The van der Waals surface area contributed by atoms with Gasteiger partial charge in [-0.3, -0.25) is 24.5 Å². The zero-order valence-corrected chi connectivity index (χ0v) is 25.2. The lowest BCUT2D eigenvalue weighted by Gasteiger charge is -2.46. The van der Waals surface area contributed by atoms with Crippen molar-refractivity contribution in [2.45, 2.75) is 77.5 Å². The van der Waals surface area contributed by atoms with Crippen molar-refractivity contribution >= 4 is 11.6 Å². The minimum Gasteiger partial charge on any atom is -0.311 e. The predicted molar refractivity (Wildman–Crippen MR) is 159 cm³/mol. The third kappa shape index (κ3) is 6.40. The summed E-state index contributed by atoms with van der Waals surface area (Å²) < 4.78 is 13.4. The van der Waals surface area contributed by atoms with E-state index in [-0.39, 0.29) is 17.1 Å². The maximum Gasteiger partial charge on any atom is 0.241 e. The molecular formula is C32H47FN6O. The van der Waals surface area contributed by atoms with Gasteiger partial charge in [0.15, 0.2) is 0 Å². The molecule has 2 aromatic rings. The normalized spacial score (nSPS) is 25.9. The Labute approximate surface area is 239 Å². The highest BCUT2D eigenvalue weighted by Gasteiger charge is 2.41. The molecule has 0 bridgehead atoms. The summed E-state index contributed by atoms with van der Waals surface area (Å²) >= 11 is 0. The van der Waals surface area contributed by atoms with Crippen LogP contribution in [0.4, 0.5) is 10.1 Å². The second-order valence-electron chi connectivity index (χ2n) is 13.2. The molecule has 3 unspecified atom stereocenters. The molecule has 1 amide bonds. The van der Waals surface area contributed by atoms with Gasteiger partial charge in [-0.15, -0.1) is 0 Å². The number of carbonyl (C=O) groups is 1. The van der Waals surface area contributed by atoms with Crippen LogP contribution in [-0.4, -0.2) is 102 Å². The highest BCUT2D eigenvalue weighted by Crippen LogP contribution is 2.39. The first-order valence-corrected chi connectivity index (χ1v) is 15.0. The molecule has 4 heterocycles. The number of hydrogen-bond acceptors (Lipinski definition) is 6. The summed E-state index contributed by atoms with van der Waals surface area (Å²) in [7, 11) is 0. The molecule has 2 saturated heterocycles. The van der Waals surface area contributed by atoms with Gasteiger partial charge in [-0.2, -0.15) is 0 Å². The van der Waals surface area contributed by atoms with E-state index in [0.717, 1.165) is 61.8 Å². The van der Waals surface area contributed by atoms with Crippen LogP contribution in [-0.2, 0) is 16.6 Å². The van der Waals surface area contributed by atoms with Crippen LogP contribution in [0.5, 0.6) is 0 Å². The third-order valence-electron chi connectivity index (χ3n) is 9.07. The number of nitrogens with zero attached hydrogens (tertiary/aromatic N) is 5. The number of benzene rings is 1. The molecule has 0 radical (unpaired) electrons. The first kappa shape index (κ1) is 29.1. The number of halogens is 1. The molecule has 0 spiro atoms. The fourth-order valence-electron chi connectivity index (χ4n) is 6.63. The van der Waals surface area contributed by atoms with Crippen molar-refractivity contribution in [1.82, 2.24) is 25.0 Å². The van der Waals surface area contributed by atoms with E-state index < -0.39 is 0 Å². The van der Waals surface area contributed by atoms with E-state index in [1.165, 1.54) is 12.1 Å². The van der Waals surface area contributed by atoms with Gasteiger partial charge in [0, 0.05) is 81.6 Å². The van der Waals surface area contributed by atoms with Gasteiger partial charge >= 0.3 is 0 Å². The number of amides is 1. The molecule has 2 fully saturated rings. The van der Waals surface area contributed by atoms with Gasteiger partial charge in [-0.1, -0.05) is 26.0 Å². The summed E-state index contributed by atoms with van der Waals surface area (Å²) in [4.78, 5) is 28.4. The maximum atomic E-state index is 14.0. The molecular weight excluding hydrogens is 503 g/mol. The fraction of sp³-hybridized carbons (Fsp3) is 0.625. The van der Waals surface area contributed by atoms with Crippen LogP contribution in [0.15, 0.2) is 36.5 Å². The molecule has 1 N–H and O–H groups in total. The molecule has 1 aromatic carbocycles. The fourth-order valence-corrected chi connectivity index (χ4v) is 6.63. The van der Waals surface area contributed by atoms with Gasteiger partial charge in [-0.05, 0) is 63.4 Å². The van der Waals surface area contributed by atoms with Crippen molar-refractivity contribution < 1.29 is 9.18 Å². The Bertz CT molecular complexity index is 1180. The molecule has 218 valence electrons. The van der Waals surface area contributed by atoms with Crippen molar-refractivity contribution in [3.8, 4) is 0 Å². The van der Waals surface area contributed by atoms with Crippen LogP contribution < -0.4 is 10.2 Å². The largest absolute Gasteiger partial charge is 0.311 e. The molecule has 0 saturated carbocycles. The number of rotatable bonds is 7. The molecule has 3 atom stereocenters. The van der Waals surface area contributed by atoms with Gasteiger partial charge in [-0.25, -0.2) is 4.39 Å². The summed E-state index contributed by atoms with van der Waals surface area (Å²) in [5.41, 5.74) is 3.75. The quantitative estimate of drug-likeness (QED) is 0.570. The van der Waals surface area contributed by atoms with E-state index in [2.05, 4.69) is 67.6 Å². The van der Waals surface area contributed by atoms with Crippen molar-refractivity contribution in [3.63, 3.8) is 0 Å². The van der Waals surface area contributed by atoms with Crippen molar-refractivity contribution in [3.05, 3.63) is 59.2 Å². The van der Waals surface area contributed by atoms with Crippen LogP contribution in [0, 0.1) is 5.82 Å². The van der Waals surface area contributed by atoms with Gasteiger partial charge < -0.3 is 10.2 Å². The zero-order valence-electron chi connectivity index (χ0n) is 25.2. The summed E-state index contributed by atoms with van der Waals surface area (Å²) in [5.74, 6) is -0.0912. The van der Waals surface area contributed by atoms with Gasteiger partial charge in [0.05, 0.1) is 17.9 Å². The van der Waals surface area contributed by atoms with E-state index >= 15 is 0 Å². The Morgan fingerprint density at radius 2 is 1.85 bits per heavy atom. The Balaban J connectivity index is 1.30. The summed E-state index contributed by atoms with van der Waals surface area (Å²) in [6.45, 7) is 20.5. The van der Waals surface area contributed by atoms with Crippen LogP contribution in [0.1, 0.15) is 58.4 Å². The number of nitrogens with one attached hydrogen (secondary N) is 1. The van der Waals surface area contributed by atoms with Crippen LogP contribution in [0.3, 0.4) is 0 Å². The third-order valence-corrected chi connectivity index (χ3v) is 9.07. The Hall–Kier alpha value is -2.39. The first-order valence-electron chi connectivity index (χ1n) is 15.0. The highest BCUT2D eigenvalue weighted by atomic mass is 19.1. The number of piperazine rings is 2. The van der Waals surface area contributed by atoms with Crippen molar-refractivity contribution in [2.24, 2.45) is 0 Å². The van der Waals surface area contributed by atoms with E-state index in [1.807, 2.05) is 23.2 Å². The number of hydrogen-bond donors (Lipinski definition) is 1. The lowest BCUT2D eigenvalue weighted by Crippen LogP contribution is -2.63. The molecule has 3 aliphatic rings. The predicted octanol–water partition coefficient (Wildman–Crippen LogP) is 3.51. The molecule has 7 nitrogen and oxygen atoms in total. The molecule has 1 aromatic heterocycles. The molecule has 40 heavy (non-hydrogen) atoms.